The Kier molecular flexibility index (Phi) is 3.59. The third kappa shape index (κ3) is 2.37. The Morgan fingerprint density at radius 3 is 2.95 bits per heavy atom. The van der Waals surface area contributed by atoms with Gasteiger partial charge >= 0.3 is 5.97 Å². The fourth-order valence-corrected chi connectivity index (χ4v) is 3.67. The van der Waals surface area contributed by atoms with Gasteiger partial charge in [-0.1, -0.05) is 12.1 Å². The van der Waals surface area contributed by atoms with Gasteiger partial charge in [0, 0.05) is 5.75 Å². The van der Waals surface area contributed by atoms with E-state index in [1.165, 1.54) is 16.7 Å². The molecule has 110 valence electrons. The van der Waals surface area contributed by atoms with Crippen LogP contribution < -0.4 is 0 Å². The van der Waals surface area contributed by atoms with Gasteiger partial charge in [0.2, 0.25) is 5.91 Å². The number of fused-ring (bicyclic) bond motifs is 1. The van der Waals surface area contributed by atoms with E-state index in [1.807, 2.05) is 24.3 Å². The molecule has 2 heterocycles. The second kappa shape index (κ2) is 5.40. The first-order valence-corrected chi connectivity index (χ1v) is 7.77. The summed E-state index contributed by atoms with van der Waals surface area (Å²) in [6.07, 6.45) is 1.63. The minimum absolute atomic E-state index is 0.185. The first-order valence-electron chi connectivity index (χ1n) is 6.62. The van der Waals surface area contributed by atoms with Crippen molar-refractivity contribution >= 4 is 34.7 Å². The molecule has 2 aromatic rings. The van der Waals surface area contributed by atoms with Crippen molar-refractivity contribution in [3.05, 3.63) is 30.6 Å². The molecule has 1 aromatic heterocycles. The van der Waals surface area contributed by atoms with Gasteiger partial charge in [-0.3, -0.25) is 4.79 Å². The van der Waals surface area contributed by atoms with Crippen LogP contribution in [0.2, 0.25) is 0 Å². The highest BCUT2D eigenvalue weighted by molar-refractivity contribution is 7.99. The van der Waals surface area contributed by atoms with Crippen molar-refractivity contribution in [1.82, 2.24) is 14.5 Å². The number of carboxylic acids is 1. The first kappa shape index (κ1) is 13.9. The van der Waals surface area contributed by atoms with Crippen molar-refractivity contribution in [2.75, 3.05) is 11.6 Å². The van der Waals surface area contributed by atoms with Gasteiger partial charge in [-0.2, -0.15) is 0 Å². The fourth-order valence-electron chi connectivity index (χ4n) is 2.51. The Hall–Kier alpha value is -2.02. The number of benzene rings is 1. The van der Waals surface area contributed by atoms with E-state index in [4.69, 9.17) is 0 Å². The van der Waals surface area contributed by atoms with Gasteiger partial charge in [0.05, 0.1) is 23.2 Å². The molecule has 1 saturated heterocycles. The molecule has 21 heavy (non-hydrogen) atoms. The van der Waals surface area contributed by atoms with Crippen LogP contribution in [0.15, 0.2) is 30.6 Å². The van der Waals surface area contributed by atoms with E-state index < -0.39 is 18.1 Å². The van der Waals surface area contributed by atoms with Crippen LogP contribution >= 0.6 is 11.8 Å². The summed E-state index contributed by atoms with van der Waals surface area (Å²) in [5, 5.41) is 9.19. The third-order valence-electron chi connectivity index (χ3n) is 3.71. The maximum Gasteiger partial charge on any atom is 0.327 e. The number of aromatic nitrogens is 2. The van der Waals surface area contributed by atoms with Crippen LogP contribution in [-0.4, -0.2) is 49.1 Å². The Bertz CT molecular complexity index is 700. The lowest BCUT2D eigenvalue weighted by atomic mass is 10.2. The molecule has 0 aliphatic carbocycles. The quantitative estimate of drug-likeness (QED) is 0.932. The van der Waals surface area contributed by atoms with E-state index in [9.17, 15) is 14.7 Å². The second-order valence-corrected chi connectivity index (χ2v) is 5.98. The number of para-hydroxylation sites is 2. The number of thioether (sulfide) groups is 1. The highest BCUT2D eigenvalue weighted by atomic mass is 32.2. The van der Waals surface area contributed by atoms with Gasteiger partial charge in [-0.05, 0) is 19.1 Å². The SMILES string of the molecule is CC(C(=O)N1CSC[C@H]1C(=O)O)n1cnc2ccccc21. The number of carboxylic acid groups (broad SMARTS) is 1. The molecule has 1 unspecified atom stereocenters. The largest absolute Gasteiger partial charge is 0.480 e. The standard InChI is InChI=1S/C14H15N3O3S/c1-9(13(18)17-8-21-6-12(17)14(19)20)16-7-15-10-4-2-3-5-11(10)16/h2-5,7,9,12H,6,8H2,1H3,(H,19,20)/t9?,12-/m0/s1. The summed E-state index contributed by atoms with van der Waals surface area (Å²) in [5.74, 6) is -0.266. The number of hydrogen-bond donors (Lipinski definition) is 1. The molecular formula is C14H15N3O3S. The van der Waals surface area contributed by atoms with Crippen LogP contribution in [0, 0.1) is 0 Å². The smallest absolute Gasteiger partial charge is 0.327 e. The van der Waals surface area contributed by atoms with Crippen molar-refractivity contribution in [3.63, 3.8) is 0 Å². The van der Waals surface area contributed by atoms with Crippen molar-refractivity contribution < 1.29 is 14.7 Å². The van der Waals surface area contributed by atoms with Crippen molar-refractivity contribution in [2.24, 2.45) is 0 Å². The highest BCUT2D eigenvalue weighted by Crippen LogP contribution is 2.26. The molecule has 0 bridgehead atoms. The number of hydrogen-bond acceptors (Lipinski definition) is 4. The van der Waals surface area contributed by atoms with Crippen LogP contribution in [0.25, 0.3) is 11.0 Å². The van der Waals surface area contributed by atoms with Gasteiger partial charge < -0.3 is 14.6 Å². The van der Waals surface area contributed by atoms with Crippen LogP contribution in [0.4, 0.5) is 0 Å². The number of carbonyl (C=O) groups excluding carboxylic acids is 1. The van der Waals surface area contributed by atoms with E-state index in [0.29, 0.717) is 11.6 Å². The van der Waals surface area contributed by atoms with Gasteiger partial charge in [-0.25, -0.2) is 9.78 Å². The lowest BCUT2D eigenvalue weighted by Crippen LogP contribution is -2.44. The molecule has 2 atom stereocenters. The molecule has 3 rings (SSSR count). The summed E-state index contributed by atoms with van der Waals surface area (Å²) in [6.45, 7) is 1.78. The topological polar surface area (TPSA) is 75.4 Å². The highest BCUT2D eigenvalue weighted by Gasteiger charge is 2.37. The molecule has 6 nitrogen and oxygen atoms in total. The normalized spacial score (nSPS) is 19.9. The predicted octanol–water partition coefficient (Wildman–Crippen LogP) is 1.58. The summed E-state index contributed by atoms with van der Waals surface area (Å²) in [6, 6.07) is 6.36. The minimum Gasteiger partial charge on any atom is -0.480 e. The minimum atomic E-state index is -0.948. The molecule has 0 saturated carbocycles. The lowest BCUT2D eigenvalue weighted by molar-refractivity contribution is -0.148. The predicted molar refractivity (Wildman–Crippen MR) is 80.0 cm³/mol. The molecule has 7 heteroatoms. The number of rotatable bonds is 3. The Balaban J connectivity index is 1.89. The van der Waals surface area contributed by atoms with E-state index in [-0.39, 0.29) is 5.91 Å². The van der Waals surface area contributed by atoms with Gasteiger partial charge in [-0.15, -0.1) is 11.8 Å². The molecule has 0 spiro atoms. The van der Waals surface area contributed by atoms with Crippen molar-refractivity contribution in [3.8, 4) is 0 Å². The fraction of sp³-hybridized carbons (Fsp3) is 0.357. The third-order valence-corrected chi connectivity index (χ3v) is 4.72. The molecule has 1 aromatic carbocycles. The van der Waals surface area contributed by atoms with Gasteiger partial charge in [0.1, 0.15) is 12.1 Å². The van der Waals surface area contributed by atoms with E-state index in [0.717, 1.165) is 11.0 Å². The van der Waals surface area contributed by atoms with Gasteiger partial charge in [0.25, 0.3) is 0 Å². The summed E-state index contributed by atoms with van der Waals surface area (Å²) >= 11 is 1.46. The maximum atomic E-state index is 12.6. The Morgan fingerprint density at radius 1 is 1.43 bits per heavy atom. The van der Waals surface area contributed by atoms with Crippen molar-refractivity contribution in [1.29, 1.82) is 0 Å². The molecule has 1 aliphatic heterocycles. The average molecular weight is 305 g/mol. The number of amides is 1. The van der Waals surface area contributed by atoms with Crippen LogP contribution in [0.3, 0.4) is 0 Å². The average Bonchev–Trinajstić information content (AvgIpc) is 3.12. The molecule has 1 aliphatic rings. The first-order chi connectivity index (χ1) is 10.1. The molecule has 1 fully saturated rings. The van der Waals surface area contributed by atoms with Crippen LogP contribution in [0.5, 0.6) is 0 Å². The number of carbonyl (C=O) groups is 2. The summed E-state index contributed by atoms with van der Waals surface area (Å²) < 4.78 is 1.79. The zero-order chi connectivity index (χ0) is 15.0. The Morgan fingerprint density at radius 2 is 2.19 bits per heavy atom. The summed E-state index contributed by atoms with van der Waals surface area (Å²) in [7, 11) is 0. The zero-order valence-corrected chi connectivity index (χ0v) is 12.3. The molecular weight excluding hydrogens is 290 g/mol. The summed E-state index contributed by atoms with van der Waals surface area (Å²) in [5.41, 5.74) is 1.69. The van der Waals surface area contributed by atoms with Crippen LogP contribution in [0.1, 0.15) is 13.0 Å². The monoisotopic (exact) mass is 305 g/mol. The van der Waals surface area contributed by atoms with E-state index in [2.05, 4.69) is 4.98 Å². The molecule has 0 radical (unpaired) electrons. The van der Waals surface area contributed by atoms with Crippen LogP contribution in [-0.2, 0) is 9.59 Å². The van der Waals surface area contributed by atoms with Gasteiger partial charge in [0.15, 0.2) is 0 Å². The van der Waals surface area contributed by atoms with Crippen molar-refractivity contribution in [2.45, 2.75) is 19.0 Å². The molecule has 1 amide bonds. The lowest BCUT2D eigenvalue weighted by Gasteiger charge is -2.25. The van der Waals surface area contributed by atoms with E-state index in [1.54, 1.807) is 17.8 Å². The summed E-state index contributed by atoms with van der Waals surface area (Å²) in [4.78, 5) is 29.5. The maximum absolute atomic E-state index is 12.6. The number of nitrogens with zero attached hydrogens (tertiary/aromatic N) is 3. The second-order valence-electron chi connectivity index (χ2n) is 4.98. The zero-order valence-electron chi connectivity index (χ0n) is 11.5. The number of aliphatic carboxylic acids is 1. The van der Waals surface area contributed by atoms with E-state index >= 15 is 0 Å². The number of imidazole rings is 1. The molecule has 1 N–H and O–H groups in total. The Labute approximate surface area is 125 Å².